The van der Waals surface area contributed by atoms with Crippen molar-refractivity contribution >= 4 is 29.5 Å². The second kappa shape index (κ2) is 11.2. The van der Waals surface area contributed by atoms with Crippen LogP contribution >= 0.6 is 0 Å². The Morgan fingerprint density at radius 2 is 1.69 bits per heavy atom. The molecule has 0 atom stereocenters. The Kier molecular flexibility index (Phi) is 7.80. The van der Waals surface area contributed by atoms with Crippen molar-refractivity contribution in [2.45, 2.75) is 6.92 Å². The van der Waals surface area contributed by atoms with Crippen LogP contribution in [-0.4, -0.2) is 31.9 Å². The van der Waals surface area contributed by atoms with Crippen molar-refractivity contribution < 1.29 is 19.1 Å². The number of rotatable bonds is 8. The maximum atomic E-state index is 12.2. The van der Waals surface area contributed by atoms with E-state index in [-0.39, 0.29) is 12.5 Å². The maximum Gasteiger partial charge on any atom is 0.339 e. The molecule has 0 spiro atoms. The highest BCUT2D eigenvalue weighted by Crippen LogP contribution is 2.27. The van der Waals surface area contributed by atoms with E-state index in [9.17, 15) is 9.59 Å². The maximum absolute atomic E-state index is 12.2. The van der Waals surface area contributed by atoms with E-state index >= 15 is 0 Å². The summed E-state index contributed by atoms with van der Waals surface area (Å²) >= 11 is 0. The summed E-state index contributed by atoms with van der Waals surface area (Å²) in [6.07, 6.45) is 1.47. The molecule has 0 radical (unpaired) electrons. The summed E-state index contributed by atoms with van der Waals surface area (Å²) in [6, 6.07) is 21.2. The first kappa shape index (κ1) is 22.4. The van der Waals surface area contributed by atoms with Gasteiger partial charge in [0.2, 0.25) is 0 Å². The largest absolute Gasteiger partial charge is 0.493 e. The van der Waals surface area contributed by atoms with Crippen molar-refractivity contribution in [3.05, 3.63) is 83.9 Å². The molecule has 0 bridgehead atoms. The van der Waals surface area contributed by atoms with E-state index in [4.69, 9.17) is 9.47 Å². The summed E-state index contributed by atoms with van der Waals surface area (Å²) in [5.41, 5.74) is 5.49. The average Bonchev–Trinajstić information content (AvgIpc) is 2.78. The summed E-state index contributed by atoms with van der Waals surface area (Å²) < 4.78 is 10.9. The van der Waals surface area contributed by atoms with Crippen LogP contribution in [0.2, 0.25) is 0 Å². The lowest BCUT2D eigenvalue weighted by molar-refractivity contribution is -0.118. The smallest absolute Gasteiger partial charge is 0.339 e. The number of urea groups is 1. The van der Waals surface area contributed by atoms with Crippen LogP contribution in [0.25, 0.3) is 0 Å². The summed E-state index contributed by atoms with van der Waals surface area (Å²) in [4.78, 5) is 24.0. The third-order valence-electron chi connectivity index (χ3n) is 4.26. The van der Waals surface area contributed by atoms with Crippen LogP contribution < -0.4 is 25.5 Å². The van der Waals surface area contributed by atoms with E-state index in [0.717, 1.165) is 5.56 Å². The van der Waals surface area contributed by atoms with Gasteiger partial charge in [-0.2, -0.15) is 5.10 Å². The number of ether oxygens (including phenoxy) is 2. The molecule has 3 aromatic rings. The van der Waals surface area contributed by atoms with E-state index in [2.05, 4.69) is 21.2 Å². The molecule has 0 heterocycles. The van der Waals surface area contributed by atoms with Crippen molar-refractivity contribution in [2.75, 3.05) is 24.4 Å². The molecule has 0 aliphatic heterocycles. The van der Waals surface area contributed by atoms with Crippen LogP contribution in [0.15, 0.2) is 77.9 Å². The summed E-state index contributed by atoms with van der Waals surface area (Å²) in [5.74, 6) is 0.571. The van der Waals surface area contributed by atoms with Gasteiger partial charge in [-0.05, 0) is 60.5 Å². The van der Waals surface area contributed by atoms with E-state index < -0.39 is 6.03 Å². The van der Waals surface area contributed by atoms with Crippen molar-refractivity contribution in [1.82, 2.24) is 5.43 Å². The number of hydrogen-bond acceptors (Lipinski definition) is 5. The van der Waals surface area contributed by atoms with Gasteiger partial charge in [0, 0.05) is 11.4 Å². The summed E-state index contributed by atoms with van der Waals surface area (Å²) in [5, 5.41) is 9.37. The zero-order valence-corrected chi connectivity index (χ0v) is 17.8. The standard InChI is InChI=1S/C24H24N4O4/c1-17-7-6-10-20(13-17)26-23(29)16-32-21-12-11-18(14-22(21)31-2)15-25-28-24(30)27-19-8-4-3-5-9-19/h3-15H,16H2,1-2H3,(H,26,29)(H2,27,28,30)/b25-15-. The third kappa shape index (κ3) is 6.88. The fraction of sp³-hybridized carbons (Fsp3) is 0.125. The van der Waals surface area contributed by atoms with Crippen LogP contribution in [0.3, 0.4) is 0 Å². The molecular formula is C24H24N4O4. The van der Waals surface area contributed by atoms with Gasteiger partial charge in [-0.15, -0.1) is 0 Å². The molecule has 8 nitrogen and oxygen atoms in total. The Morgan fingerprint density at radius 3 is 2.44 bits per heavy atom. The Labute approximate surface area is 186 Å². The first-order valence-electron chi connectivity index (χ1n) is 9.86. The van der Waals surface area contributed by atoms with Crippen LogP contribution in [0.1, 0.15) is 11.1 Å². The van der Waals surface area contributed by atoms with Gasteiger partial charge in [0.25, 0.3) is 5.91 Å². The number of carbonyl (C=O) groups is 2. The molecule has 3 amide bonds. The van der Waals surface area contributed by atoms with Crippen molar-refractivity contribution in [2.24, 2.45) is 5.10 Å². The Hall–Kier alpha value is -4.33. The monoisotopic (exact) mass is 432 g/mol. The number of nitrogens with zero attached hydrogens (tertiary/aromatic N) is 1. The molecule has 0 aromatic heterocycles. The van der Waals surface area contributed by atoms with Crippen LogP contribution in [0.4, 0.5) is 16.2 Å². The van der Waals surface area contributed by atoms with E-state index in [1.807, 2.05) is 49.4 Å². The molecule has 0 unspecified atom stereocenters. The topological polar surface area (TPSA) is 101 Å². The minimum absolute atomic E-state index is 0.168. The first-order valence-corrected chi connectivity index (χ1v) is 9.86. The van der Waals surface area contributed by atoms with Gasteiger partial charge < -0.3 is 20.1 Å². The molecular weight excluding hydrogens is 408 g/mol. The van der Waals surface area contributed by atoms with Gasteiger partial charge in [0.15, 0.2) is 18.1 Å². The van der Waals surface area contributed by atoms with Crippen molar-refractivity contribution in [3.8, 4) is 11.5 Å². The molecule has 0 aliphatic carbocycles. The van der Waals surface area contributed by atoms with Crippen molar-refractivity contribution in [1.29, 1.82) is 0 Å². The number of hydrogen-bond donors (Lipinski definition) is 3. The summed E-state index contributed by atoms with van der Waals surface area (Å²) in [6.45, 7) is 1.78. The van der Waals surface area contributed by atoms with E-state index in [1.165, 1.54) is 13.3 Å². The molecule has 0 fully saturated rings. The molecule has 3 aromatic carbocycles. The lowest BCUT2D eigenvalue weighted by atomic mass is 10.2. The number of aryl methyl sites for hydroxylation is 1. The highest BCUT2D eigenvalue weighted by Gasteiger charge is 2.09. The third-order valence-corrected chi connectivity index (χ3v) is 4.26. The molecule has 32 heavy (non-hydrogen) atoms. The summed E-state index contributed by atoms with van der Waals surface area (Å²) in [7, 11) is 1.50. The van der Waals surface area contributed by atoms with Gasteiger partial charge in [0.1, 0.15) is 0 Å². The SMILES string of the molecule is COc1cc(/C=N\NC(=O)Nc2ccccc2)ccc1OCC(=O)Nc1cccc(C)c1. The normalized spacial score (nSPS) is 10.4. The van der Waals surface area contributed by atoms with E-state index in [1.54, 1.807) is 30.3 Å². The van der Waals surface area contributed by atoms with Gasteiger partial charge >= 0.3 is 6.03 Å². The number of amides is 3. The van der Waals surface area contributed by atoms with Crippen LogP contribution in [-0.2, 0) is 4.79 Å². The minimum Gasteiger partial charge on any atom is -0.493 e. The second-order valence-corrected chi connectivity index (χ2v) is 6.81. The lowest BCUT2D eigenvalue weighted by Gasteiger charge is -2.11. The lowest BCUT2D eigenvalue weighted by Crippen LogP contribution is -2.24. The fourth-order valence-corrected chi connectivity index (χ4v) is 2.79. The highest BCUT2D eigenvalue weighted by molar-refractivity contribution is 5.92. The first-order chi connectivity index (χ1) is 15.5. The molecule has 3 rings (SSSR count). The predicted octanol–water partition coefficient (Wildman–Crippen LogP) is 4.18. The average molecular weight is 432 g/mol. The predicted molar refractivity (Wildman–Crippen MR) is 124 cm³/mol. The van der Waals surface area contributed by atoms with Gasteiger partial charge in [-0.3, -0.25) is 4.79 Å². The fourth-order valence-electron chi connectivity index (χ4n) is 2.79. The van der Waals surface area contributed by atoms with E-state index in [0.29, 0.717) is 28.4 Å². The molecule has 0 saturated carbocycles. The van der Waals surface area contributed by atoms with Crippen molar-refractivity contribution in [3.63, 3.8) is 0 Å². The number of para-hydroxylation sites is 1. The second-order valence-electron chi connectivity index (χ2n) is 6.81. The number of methoxy groups -OCH3 is 1. The Balaban J connectivity index is 1.52. The Bertz CT molecular complexity index is 1100. The van der Waals surface area contributed by atoms with Crippen LogP contribution in [0.5, 0.6) is 11.5 Å². The molecule has 164 valence electrons. The molecule has 0 aliphatic rings. The number of benzene rings is 3. The van der Waals surface area contributed by atoms with Gasteiger partial charge in [0.05, 0.1) is 13.3 Å². The number of nitrogens with one attached hydrogen (secondary N) is 3. The number of anilines is 2. The molecule has 3 N–H and O–H groups in total. The quantitative estimate of drug-likeness (QED) is 0.367. The zero-order valence-electron chi connectivity index (χ0n) is 17.8. The van der Waals surface area contributed by atoms with Gasteiger partial charge in [-0.25, -0.2) is 10.2 Å². The minimum atomic E-state index is -0.459. The zero-order chi connectivity index (χ0) is 22.8. The Morgan fingerprint density at radius 1 is 0.906 bits per heavy atom. The molecule has 0 saturated heterocycles. The van der Waals surface area contributed by atoms with Crippen LogP contribution in [0, 0.1) is 6.92 Å². The number of hydrazone groups is 1. The highest BCUT2D eigenvalue weighted by atomic mass is 16.5. The number of carbonyl (C=O) groups excluding carboxylic acids is 2. The van der Waals surface area contributed by atoms with Gasteiger partial charge in [-0.1, -0.05) is 30.3 Å². The molecule has 8 heteroatoms.